The molecule has 1 amide bonds. The average Bonchev–Trinajstić information content (AvgIpc) is 2.72. The standard InChI is InChI=1S/C13H16BrClN2O/c1-7-3-4-16-12(7)13(18)17-11-6-10(15)8(2)5-9(11)14/h5-7,12,16H,3-4H2,1-2H3,(H,17,18). The van der Waals surface area contributed by atoms with E-state index in [1.54, 1.807) is 6.07 Å². The van der Waals surface area contributed by atoms with Gasteiger partial charge in [-0.2, -0.15) is 0 Å². The average molecular weight is 332 g/mol. The molecule has 3 nitrogen and oxygen atoms in total. The smallest absolute Gasteiger partial charge is 0.241 e. The molecule has 0 saturated carbocycles. The van der Waals surface area contributed by atoms with Crippen LogP contribution in [0.3, 0.4) is 0 Å². The van der Waals surface area contributed by atoms with Gasteiger partial charge in [-0.1, -0.05) is 18.5 Å². The van der Waals surface area contributed by atoms with Crippen molar-refractivity contribution >= 4 is 39.1 Å². The van der Waals surface area contributed by atoms with Crippen LogP contribution >= 0.6 is 27.5 Å². The molecule has 1 fully saturated rings. The molecule has 1 heterocycles. The summed E-state index contributed by atoms with van der Waals surface area (Å²) in [6.07, 6.45) is 1.04. The van der Waals surface area contributed by atoms with Crippen molar-refractivity contribution in [3.05, 3.63) is 27.2 Å². The van der Waals surface area contributed by atoms with E-state index >= 15 is 0 Å². The number of amides is 1. The van der Waals surface area contributed by atoms with Gasteiger partial charge in [-0.25, -0.2) is 0 Å². The summed E-state index contributed by atoms with van der Waals surface area (Å²) in [7, 11) is 0. The van der Waals surface area contributed by atoms with Crippen molar-refractivity contribution in [3.8, 4) is 0 Å². The van der Waals surface area contributed by atoms with Crippen molar-refractivity contribution in [2.24, 2.45) is 5.92 Å². The summed E-state index contributed by atoms with van der Waals surface area (Å²) in [5.41, 5.74) is 1.70. The van der Waals surface area contributed by atoms with Crippen LogP contribution in [0.2, 0.25) is 5.02 Å². The summed E-state index contributed by atoms with van der Waals surface area (Å²) in [4.78, 5) is 12.1. The Kier molecular flexibility index (Phi) is 4.30. The van der Waals surface area contributed by atoms with E-state index in [0.717, 1.165) is 28.7 Å². The maximum absolute atomic E-state index is 12.1. The fourth-order valence-corrected chi connectivity index (χ4v) is 2.86. The van der Waals surface area contributed by atoms with E-state index in [1.165, 1.54) is 0 Å². The Morgan fingerprint density at radius 1 is 1.56 bits per heavy atom. The van der Waals surface area contributed by atoms with Gasteiger partial charge < -0.3 is 10.6 Å². The Labute approximate surface area is 120 Å². The summed E-state index contributed by atoms with van der Waals surface area (Å²) in [5, 5.41) is 6.78. The molecule has 0 spiro atoms. The zero-order valence-corrected chi connectivity index (χ0v) is 12.7. The van der Waals surface area contributed by atoms with Gasteiger partial charge in [0.25, 0.3) is 0 Å². The van der Waals surface area contributed by atoms with Crippen LogP contribution in [0.5, 0.6) is 0 Å². The van der Waals surface area contributed by atoms with Gasteiger partial charge in [0.15, 0.2) is 0 Å². The van der Waals surface area contributed by atoms with Crippen LogP contribution in [0.4, 0.5) is 5.69 Å². The summed E-state index contributed by atoms with van der Waals surface area (Å²) >= 11 is 9.51. The summed E-state index contributed by atoms with van der Waals surface area (Å²) < 4.78 is 0.850. The molecule has 0 radical (unpaired) electrons. The van der Waals surface area contributed by atoms with Gasteiger partial charge in [-0.05, 0) is 59.4 Å². The van der Waals surface area contributed by atoms with Crippen molar-refractivity contribution in [1.82, 2.24) is 5.32 Å². The van der Waals surface area contributed by atoms with Crippen molar-refractivity contribution in [2.75, 3.05) is 11.9 Å². The highest BCUT2D eigenvalue weighted by Gasteiger charge is 2.29. The fraction of sp³-hybridized carbons (Fsp3) is 0.462. The van der Waals surface area contributed by atoms with Gasteiger partial charge in [0, 0.05) is 9.50 Å². The van der Waals surface area contributed by atoms with E-state index in [9.17, 15) is 4.79 Å². The predicted octanol–water partition coefficient (Wildman–Crippen LogP) is 3.35. The largest absolute Gasteiger partial charge is 0.324 e. The van der Waals surface area contributed by atoms with Gasteiger partial charge in [-0.15, -0.1) is 0 Å². The second kappa shape index (κ2) is 5.59. The van der Waals surface area contributed by atoms with E-state index in [-0.39, 0.29) is 11.9 Å². The molecular weight excluding hydrogens is 316 g/mol. The van der Waals surface area contributed by atoms with Crippen LogP contribution in [-0.4, -0.2) is 18.5 Å². The van der Waals surface area contributed by atoms with Crippen molar-refractivity contribution in [3.63, 3.8) is 0 Å². The number of aryl methyl sites for hydroxylation is 1. The van der Waals surface area contributed by atoms with E-state index in [4.69, 9.17) is 11.6 Å². The first-order valence-electron chi connectivity index (χ1n) is 5.99. The number of anilines is 1. The third-order valence-corrected chi connectivity index (χ3v) is 4.38. The number of hydrogen-bond acceptors (Lipinski definition) is 2. The number of benzene rings is 1. The minimum Gasteiger partial charge on any atom is -0.324 e. The Bertz CT molecular complexity index is 478. The van der Waals surface area contributed by atoms with Crippen molar-refractivity contribution in [1.29, 1.82) is 0 Å². The van der Waals surface area contributed by atoms with E-state index < -0.39 is 0 Å². The summed E-state index contributed by atoms with van der Waals surface area (Å²) in [6.45, 7) is 4.91. The Morgan fingerprint density at radius 3 is 2.89 bits per heavy atom. The molecule has 98 valence electrons. The Hall–Kier alpha value is -0.580. The van der Waals surface area contributed by atoms with Gasteiger partial charge in [0.1, 0.15) is 0 Å². The third kappa shape index (κ3) is 2.87. The van der Waals surface area contributed by atoms with E-state index in [1.807, 2.05) is 13.0 Å². The normalized spacial score (nSPS) is 23.1. The third-order valence-electron chi connectivity index (χ3n) is 3.32. The first-order chi connectivity index (χ1) is 8.49. The van der Waals surface area contributed by atoms with Crippen molar-refractivity contribution in [2.45, 2.75) is 26.3 Å². The second-order valence-electron chi connectivity index (χ2n) is 4.77. The fourth-order valence-electron chi connectivity index (χ4n) is 2.14. The molecule has 0 bridgehead atoms. The number of rotatable bonds is 2. The molecule has 18 heavy (non-hydrogen) atoms. The molecule has 2 N–H and O–H groups in total. The highest BCUT2D eigenvalue weighted by atomic mass is 79.9. The van der Waals surface area contributed by atoms with E-state index in [2.05, 4.69) is 33.5 Å². The molecule has 0 aromatic heterocycles. The minimum atomic E-state index is -0.114. The van der Waals surface area contributed by atoms with Crippen LogP contribution in [0.1, 0.15) is 18.9 Å². The number of carbonyl (C=O) groups excluding carboxylic acids is 1. The zero-order valence-electron chi connectivity index (χ0n) is 10.4. The number of carbonyl (C=O) groups is 1. The highest BCUT2D eigenvalue weighted by Crippen LogP contribution is 2.29. The molecule has 0 aliphatic carbocycles. The predicted molar refractivity (Wildman–Crippen MR) is 78.1 cm³/mol. The molecular formula is C13H16BrClN2O. The van der Waals surface area contributed by atoms with Crippen molar-refractivity contribution < 1.29 is 4.79 Å². The lowest BCUT2D eigenvalue weighted by Crippen LogP contribution is -2.39. The van der Waals surface area contributed by atoms with Gasteiger partial charge in [0.2, 0.25) is 5.91 Å². The number of nitrogens with one attached hydrogen (secondary N) is 2. The number of hydrogen-bond donors (Lipinski definition) is 2. The molecule has 5 heteroatoms. The maximum atomic E-state index is 12.1. The molecule has 1 aliphatic heterocycles. The molecule has 2 atom stereocenters. The van der Waals surface area contributed by atoms with Crippen LogP contribution < -0.4 is 10.6 Å². The second-order valence-corrected chi connectivity index (χ2v) is 6.03. The monoisotopic (exact) mass is 330 g/mol. The van der Waals surface area contributed by atoms with Crippen LogP contribution in [0, 0.1) is 12.8 Å². The van der Waals surface area contributed by atoms with Crippen LogP contribution in [0.15, 0.2) is 16.6 Å². The number of halogens is 2. The lowest BCUT2D eigenvalue weighted by atomic mass is 10.0. The molecule has 2 unspecified atom stereocenters. The topological polar surface area (TPSA) is 41.1 Å². The quantitative estimate of drug-likeness (QED) is 0.872. The van der Waals surface area contributed by atoms with Gasteiger partial charge >= 0.3 is 0 Å². The van der Waals surface area contributed by atoms with Crippen LogP contribution in [0.25, 0.3) is 0 Å². The molecule has 2 rings (SSSR count). The maximum Gasteiger partial charge on any atom is 0.241 e. The summed E-state index contributed by atoms with van der Waals surface area (Å²) in [6, 6.07) is 3.57. The minimum absolute atomic E-state index is 0.000574. The van der Waals surface area contributed by atoms with Gasteiger partial charge in [0.05, 0.1) is 11.7 Å². The molecule has 1 aliphatic rings. The Morgan fingerprint density at radius 2 is 2.28 bits per heavy atom. The lowest BCUT2D eigenvalue weighted by Gasteiger charge is -2.16. The van der Waals surface area contributed by atoms with Gasteiger partial charge in [-0.3, -0.25) is 4.79 Å². The first-order valence-corrected chi connectivity index (χ1v) is 7.16. The van der Waals surface area contributed by atoms with E-state index in [0.29, 0.717) is 10.9 Å². The Balaban J connectivity index is 2.14. The lowest BCUT2D eigenvalue weighted by molar-refractivity contribution is -0.118. The highest BCUT2D eigenvalue weighted by molar-refractivity contribution is 9.10. The molecule has 1 aromatic rings. The SMILES string of the molecule is Cc1cc(Br)c(NC(=O)C2NCCC2C)cc1Cl. The first kappa shape index (κ1) is 13.8. The molecule has 1 aromatic carbocycles. The summed E-state index contributed by atoms with van der Waals surface area (Å²) in [5.74, 6) is 0.366. The molecule has 1 saturated heterocycles. The van der Waals surface area contributed by atoms with Crippen LogP contribution in [-0.2, 0) is 4.79 Å². The zero-order chi connectivity index (χ0) is 13.3.